The van der Waals surface area contributed by atoms with E-state index in [0.29, 0.717) is 13.0 Å². The van der Waals surface area contributed by atoms with Crippen molar-refractivity contribution >= 4 is 0 Å². The monoisotopic (exact) mass is 313 g/mol. The molecule has 0 unspecified atom stereocenters. The van der Waals surface area contributed by atoms with E-state index in [1.54, 1.807) is 7.11 Å². The Bertz CT molecular complexity index is 701. The quantitative estimate of drug-likeness (QED) is 0.891. The minimum Gasteiger partial charge on any atom is -0.497 e. The molecule has 2 N–H and O–H groups in total. The number of hydrogen-bond donors (Lipinski definition) is 2. The molecule has 1 aliphatic carbocycles. The van der Waals surface area contributed by atoms with E-state index in [0.717, 1.165) is 28.2 Å². The highest BCUT2D eigenvalue weighted by atomic mass is 16.5. The molecule has 0 bridgehead atoms. The molecular formula is C19H23NO3. The second-order valence-electron chi connectivity index (χ2n) is 6.14. The number of methoxy groups -OCH3 is 1. The summed E-state index contributed by atoms with van der Waals surface area (Å²) in [5.74, 6) is 1.57. The van der Waals surface area contributed by atoms with Crippen molar-refractivity contribution in [3.8, 4) is 11.5 Å². The second-order valence-corrected chi connectivity index (χ2v) is 6.14. The van der Waals surface area contributed by atoms with Gasteiger partial charge in [-0.1, -0.05) is 24.3 Å². The predicted molar refractivity (Wildman–Crippen MR) is 90.1 cm³/mol. The lowest BCUT2D eigenvalue weighted by atomic mass is 9.97. The molecule has 2 atom stereocenters. The molecule has 0 saturated heterocycles. The summed E-state index contributed by atoms with van der Waals surface area (Å²) < 4.78 is 11.6. The van der Waals surface area contributed by atoms with Crippen LogP contribution in [-0.4, -0.2) is 31.4 Å². The first-order valence-corrected chi connectivity index (χ1v) is 7.83. The fraction of sp³-hybridized carbons (Fsp3) is 0.368. The minimum absolute atomic E-state index is 0.429. The van der Waals surface area contributed by atoms with E-state index in [-0.39, 0.29) is 0 Å². The van der Waals surface area contributed by atoms with E-state index in [1.165, 1.54) is 0 Å². The number of benzene rings is 2. The molecule has 0 amide bonds. The predicted octanol–water partition coefficient (Wildman–Crippen LogP) is 2.63. The number of para-hydroxylation sites is 1. The number of fused-ring (bicyclic) bond motifs is 1. The van der Waals surface area contributed by atoms with Crippen LogP contribution in [0.3, 0.4) is 0 Å². The van der Waals surface area contributed by atoms with Gasteiger partial charge in [0.05, 0.1) is 7.11 Å². The van der Waals surface area contributed by atoms with E-state index >= 15 is 0 Å². The fourth-order valence-electron chi connectivity index (χ4n) is 3.27. The third kappa shape index (κ3) is 2.92. The van der Waals surface area contributed by atoms with Crippen molar-refractivity contribution < 1.29 is 14.6 Å². The first-order chi connectivity index (χ1) is 11.1. The summed E-state index contributed by atoms with van der Waals surface area (Å²) in [6.07, 6.45) is 0.130. The zero-order valence-corrected chi connectivity index (χ0v) is 13.8. The number of hydrogen-bond acceptors (Lipinski definition) is 4. The number of aliphatic hydroxyl groups is 1. The Labute approximate surface area is 137 Å². The summed E-state index contributed by atoms with van der Waals surface area (Å²) in [5.41, 5.74) is 2.16. The zero-order chi connectivity index (χ0) is 16.4. The van der Waals surface area contributed by atoms with Gasteiger partial charge in [0.2, 0.25) is 0 Å². The van der Waals surface area contributed by atoms with Gasteiger partial charge < -0.3 is 19.9 Å². The summed E-state index contributed by atoms with van der Waals surface area (Å²) in [7, 11) is 3.49. The Morgan fingerprint density at radius 2 is 2.04 bits per heavy atom. The van der Waals surface area contributed by atoms with Crippen LogP contribution in [0.2, 0.25) is 0 Å². The normalized spacial score (nSPS) is 22.7. The Morgan fingerprint density at radius 3 is 2.74 bits per heavy atom. The van der Waals surface area contributed by atoms with Gasteiger partial charge in [0.1, 0.15) is 17.1 Å². The molecule has 0 heterocycles. The molecule has 2 aromatic carbocycles. The first kappa shape index (κ1) is 15.8. The van der Waals surface area contributed by atoms with E-state index in [4.69, 9.17) is 9.47 Å². The molecule has 1 aliphatic rings. The minimum atomic E-state index is -0.980. The van der Waals surface area contributed by atoms with Gasteiger partial charge in [0.25, 0.3) is 0 Å². The van der Waals surface area contributed by atoms with Crippen molar-refractivity contribution in [1.29, 1.82) is 0 Å². The van der Waals surface area contributed by atoms with Crippen molar-refractivity contribution in [1.82, 2.24) is 5.32 Å². The van der Waals surface area contributed by atoms with Gasteiger partial charge >= 0.3 is 0 Å². The highest BCUT2D eigenvalue weighted by molar-refractivity contribution is 5.45. The molecule has 0 fully saturated rings. The highest BCUT2D eigenvalue weighted by Crippen LogP contribution is 2.43. The summed E-state index contributed by atoms with van der Waals surface area (Å²) in [4.78, 5) is 0. The standard InChI is InChI=1S/C19H23NO3/c1-13-6-4-5-7-17(13)23-18-16-10-15(22-3)9-8-14(16)11-19(18,21)12-20-2/h4-10,18,20-21H,11-12H2,1-3H3/t18-,19+/m0/s1. The average molecular weight is 313 g/mol. The van der Waals surface area contributed by atoms with Gasteiger partial charge in [0.15, 0.2) is 6.10 Å². The second kappa shape index (κ2) is 6.22. The van der Waals surface area contributed by atoms with Crippen LogP contribution < -0.4 is 14.8 Å². The van der Waals surface area contributed by atoms with Crippen molar-refractivity contribution in [3.63, 3.8) is 0 Å². The van der Waals surface area contributed by atoms with Gasteiger partial charge in [-0.05, 0) is 43.3 Å². The smallest absolute Gasteiger partial charge is 0.154 e. The van der Waals surface area contributed by atoms with Crippen LogP contribution in [0, 0.1) is 6.92 Å². The lowest BCUT2D eigenvalue weighted by Gasteiger charge is -2.31. The molecule has 4 nitrogen and oxygen atoms in total. The SMILES string of the molecule is CNC[C@]1(O)Cc2ccc(OC)cc2[C@@H]1Oc1ccccc1C. The number of likely N-dealkylation sites (N-methyl/N-ethyl adjacent to an activating group) is 1. The largest absolute Gasteiger partial charge is 0.497 e. The molecule has 2 aromatic rings. The molecule has 0 spiro atoms. The Morgan fingerprint density at radius 1 is 1.26 bits per heavy atom. The summed E-state index contributed by atoms with van der Waals surface area (Å²) in [6.45, 7) is 2.47. The zero-order valence-electron chi connectivity index (χ0n) is 13.8. The van der Waals surface area contributed by atoms with Gasteiger partial charge in [-0.2, -0.15) is 0 Å². The van der Waals surface area contributed by atoms with E-state index in [9.17, 15) is 5.11 Å². The van der Waals surface area contributed by atoms with Gasteiger partial charge in [0, 0.05) is 18.5 Å². The first-order valence-electron chi connectivity index (χ1n) is 7.83. The molecule has 122 valence electrons. The summed E-state index contributed by atoms with van der Waals surface area (Å²) in [6, 6.07) is 13.8. The molecule has 0 saturated carbocycles. The fourth-order valence-corrected chi connectivity index (χ4v) is 3.27. The van der Waals surface area contributed by atoms with Gasteiger partial charge in [-0.25, -0.2) is 0 Å². The van der Waals surface area contributed by atoms with Crippen LogP contribution in [0.5, 0.6) is 11.5 Å². The molecule has 4 heteroatoms. The summed E-state index contributed by atoms with van der Waals surface area (Å²) in [5, 5.41) is 14.2. The van der Waals surface area contributed by atoms with Crippen molar-refractivity contribution in [2.75, 3.05) is 20.7 Å². The third-order valence-corrected chi connectivity index (χ3v) is 4.44. The van der Waals surface area contributed by atoms with E-state index in [1.807, 2.05) is 56.4 Å². The lowest BCUT2D eigenvalue weighted by molar-refractivity contribution is -0.0487. The molecule has 3 rings (SSSR count). The topological polar surface area (TPSA) is 50.7 Å². The summed E-state index contributed by atoms with van der Waals surface area (Å²) >= 11 is 0. The molecule has 0 aromatic heterocycles. The van der Waals surface area contributed by atoms with E-state index in [2.05, 4.69) is 5.32 Å². The third-order valence-electron chi connectivity index (χ3n) is 4.44. The Kier molecular flexibility index (Phi) is 4.28. The molecule has 23 heavy (non-hydrogen) atoms. The van der Waals surface area contributed by atoms with Crippen LogP contribution in [0.15, 0.2) is 42.5 Å². The maximum atomic E-state index is 11.2. The Hall–Kier alpha value is -2.04. The lowest BCUT2D eigenvalue weighted by Crippen LogP contribution is -2.45. The van der Waals surface area contributed by atoms with Crippen LogP contribution in [0.4, 0.5) is 0 Å². The van der Waals surface area contributed by atoms with Crippen LogP contribution in [0.1, 0.15) is 22.8 Å². The number of nitrogens with one attached hydrogen (secondary N) is 1. The van der Waals surface area contributed by atoms with Crippen LogP contribution in [0.25, 0.3) is 0 Å². The average Bonchev–Trinajstić information content (AvgIpc) is 2.81. The van der Waals surface area contributed by atoms with Crippen LogP contribution >= 0.6 is 0 Å². The Balaban J connectivity index is 2.01. The van der Waals surface area contributed by atoms with Gasteiger partial charge in [-0.15, -0.1) is 0 Å². The highest BCUT2D eigenvalue weighted by Gasteiger charge is 2.46. The van der Waals surface area contributed by atoms with Crippen LogP contribution in [-0.2, 0) is 6.42 Å². The molecular weight excluding hydrogens is 290 g/mol. The van der Waals surface area contributed by atoms with E-state index < -0.39 is 11.7 Å². The molecule has 0 radical (unpaired) electrons. The van der Waals surface area contributed by atoms with Crippen molar-refractivity contribution in [3.05, 3.63) is 59.2 Å². The maximum absolute atomic E-state index is 11.2. The van der Waals surface area contributed by atoms with Crippen molar-refractivity contribution in [2.45, 2.75) is 25.0 Å². The maximum Gasteiger partial charge on any atom is 0.154 e. The van der Waals surface area contributed by atoms with Crippen molar-refractivity contribution in [2.24, 2.45) is 0 Å². The number of ether oxygens (including phenoxy) is 2. The number of aryl methyl sites for hydroxylation is 1. The molecule has 0 aliphatic heterocycles. The van der Waals surface area contributed by atoms with Gasteiger partial charge in [-0.3, -0.25) is 0 Å². The number of rotatable bonds is 5.